The molecule has 0 saturated heterocycles. The Bertz CT molecular complexity index is 306. The highest BCUT2D eigenvalue weighted by Crippen LogP contribution is 2.28. The molecule has 4 heteroatoms. The van der Waals surface area contributed by atoms with E-state index in [2.05, 4.69) is 0 Å². The molecular formula is C11H17NO3. The van der Waals surface area contributed by atoms with Crippen LogP contribution in [-0.4, -0.2) is 17.1 Å². The first-order chi connectivity index (χ1) is 7.02. The third-order valence-corrected chi connectivity index (χ3v) is 2.46. The summed E-state index contributed by atoms with van der Waals surface area (Å²) in [4.78, 5) is 10.6. The Hall–Kier alpha value is -1.29. The van der Waals surface area contributed by atoms with Crippen molar-refractivity contribution >= 4 is 5.97 Å². The molecule has 0 spiro atoms. The Balaban J connectivity index is 2.79. The second kappa shape index (κ2) is 4.98. The Kier molecular flexibility index (Phi) is 3.91. The lowest BCUT2D eigenvalue weighted by Crippen LogP contribution is -2.33. The Morgan fingerprint density at radius 3 is 2.67 bits per heavy atom. The Morgan fingerprint density at radius 1 is 1.60 bits per heavy atom. The van der Waals surface area contributed by atoms with Gasteiger partial charge in [-0.25, -0.2) is 0 Å². The number of rotatable bonds is 5. The van der Waals surface area contributed by atoms with E-state index in [0.29, 0.717) is 0 Å². The van der Waals surface area contributed by atoms with E-state index in [9.17, 15) is 4.79 Å². The van der Waals surface area contributed by atoms with E-state index in [1.165, 1.54) is 0 Å². The lowest BCUT2D eigenvalue weighted by molar-refractivity contribution is -0.137. The van der Waals surface area contributed by atoms with Gasteiger partial charge in [-0.15, -0.1) is 0 Å². The summed E-state index contributed by atoms with van der Waals surface area (Å²) in [5.74, 6) is 0.0973. The zero-order valence-corrected chi connectivity index (χ0v) is 9.01. The van der Waals surface area contributed by atoms with Crippen LogP contribution >= 0.6 is 0 Å². The zero-order chi connectivity index (χ0) is 11.4. The van der Waals surface area contributed by atoms with Gasteiger partial charge >= 0.3 is 5.97 Å². The number of aliphatic carboxylic acids is 1. The molecule has 0 radical (unpaired) electrons. The van der Waals surface area contributed by atoms with Crippen LogP contribution in [0.3, 0.4) is 0 Å². The first-order valence-electron chi connectivity index (χ1n) is 5.03. The normalized spacial score (nSPS) is 15.2. The van der Waals surface area contributed by atoms with Crippen molar-refractivity contribution in [3.8, 4) is 0 Å². The summed E-state index contributed by atoms with van der Waals surface area (Å²) in [6.45, 7) is 4.02. The van der Waals surface area contributed by atoms with Crippen LogP contribution in [0.25, 0.3) is 0 Å². The standard InChI is InChI=1S/C11H17NO3/c1-7(2)11(8(12)6-10(13)14)9-4-3-5-15-9/h3-5,7-8,11H,6,12H2,1-2H3,(H,13,14). The number of hydrogen-bond donors (Lipinski definition) is 2. The summed E-state index contributed by atoms with van der Waals surface area (Å²) in [5, 5.41) is 8.70. The van der Waals surface area contributed by atoms with E-state index in [-0.39, 0.29) is 18.3 Å². The quantitative estimate of drug-likeness (QED) is 0.778. The summed E-state index contributed by atoms with van der Waals surface area (Å²) in [6.07, 6.45) is 1.54. The molecule has 4 nitrogen and oxygen atoms in total. The Morgan fingerprint density at radius 2 is 2.27 bits per heavy atom. The molecular weight excluding hydrogens is 194 g/mol. The average Bonchev–Trinajstić information content (AvgIpc) is 2.54. The lowest BCUT2D eigenvalue weighted by atomic mass is 9.85. The minimum atomic E-state index is -0.875. The Labute approximate surface area is 89.1 Å². The van der Waals surface area contributed by atoms with E-state index in [1.807, 2.05) is 19.9 Å². The molecule has 0 amide bonds. The van der Waals surface area contributed by atoms with Gasteiger partial charge in [-0.2, -0.15) is 0 Å². The molecule has 3 N–H and O–H groups in total. The molecule has 0 aliphatic heterocycles. The fourth-order valence-electron chi connectivity index (χ4n) is 1.84. The summed E-state index contributed by atoms with van der Waals surface area (Å²) < 4.78 is 5.29. The van der Waals surface area contributed by atoms with E-state index >= 15 is 0 Å². The van der Waals surface area contributed by atoms with E-state index in [1.54, 1.807) is 12.3 Å². The smallest absolute Gasteiger partial charge is 0.304 e. The number of hydrogen-bond acceptors (Lipinski definition) is 3. The summed E-state index contributed by atoms with van der Waals surface area (Å²) in [7, 11) is 0. The second-order valence-corrected chi connectivity index (χ2v) is 4.05. The van der Waals surface area contributed by atoms with Gasteiger partial charge in [-0.1, -0.05) is 13.8 Å². The van der Waals surface area contributed by atoms with Crippen molar-refractivity contribution < 1.29 is 14.3 Å². The van der Waals surface area contributed by atoms with Crippen LogP contribution in [0.1, 0.15) is 31.9 Å². The molecule has 0 aromatic carbocycles. The second-order valence-electron chi connectivity index (χ2n) is 4.05. The minimum absolute atomic E-state index is 0.0381. The summed E-state index contributed by atoms with van der Waals surface area (Å²) in [5.41, 5.74) is 5.87. The molecule has 2 atom stereocenters. The molecule has 15 heavy (non-hydrogen) atoms. The van der Waals surface area contributed by atoms with Crippen LogP contribution in [0, 0.1) is 5.92 Å². The van der Waals surface area contributed by atoms with Gasteiger partial charge in [0.05, 0.1) is 12.7 Å². The molecule has 2 unspecified atom stereocenters. The van der Waals surface area contributed by atoms with E-state index in [0.717, 1.165) is 5.76 Å². The first-order valence-corrected chi connectivity index (χ1v) is 5.03. The molecule has 84 valence electrons. The molecule has 1 aromatic heterocycles. The molecule has 0 bridgehead atoms. The summed E-state index contributed by atoms with van der Waals surface area (Å²) >= 11 is 0. The van der Waals surface area contributed by atoms with Crippen LogP contribution in [-0.2, 0) is 4.79 Å². The van der Waals surface area contributed by atoms with Gasteiger partial charge in [-0.3, -0.25) is 4.79 Å². The van der Waals surface area contributed by atoms with Crippen molar-refractivity contribution in [3.05, 3.63) is 24.2 Å². The number of carbonyl (C=O) groups is 1. The fourth-order valence-corrected chi connectivity index (χ4v) is 1.84. The van der Waals surface area contributed by atoms with Crippen LogP contribution < -0.4 is 5.73 Å². The maximum Gasteiger partial charge on any atom is 0.304 e. The van der Waals surface area contributed by atoms with Gasteiger partial charge in [0.15, 0.2) is 0 Å². The highest BCUT2D eigenvalue weighted by Gasteiger charge is 2.27. The van der Waals surface area contributed by atoms with Gasteiger partial charge in [0.1, 0.15) is 5.76 Å². The van der Waals surface area contributed by atoms with E-state index < -0.39 is 12.0 Å². The van der Waals surface area contributed by atoms with Crippen LogP contribution in [0.5, 0.6) is 0 Å². The largest absolute Gasteiger partial charge is 0.481 e. The zero-order valence-electron chi connectivity index (χ0n) is 9.01. The molecule has 0 aliphatic rings. The highest BCUT2D eigenvalue weighted by molar-refractivity contribution is 5.67. The monoisotopic (exact) mass is 211 g/mol. The van der Waals surface area contributed by atoms with Crippen molar-refractivity contribution in [2.75, 3.05) is 0 Å². The topological polar surface area (TPSA) is 76.5 Å². The van der Waals surface area contributed by atoms with Gasteiger partial charge in [0.25, 0.3) is 0 Å². The van der Waals surface area contributed by atoms with Crippen LogP contribution in [0.4, 0.5) is 0 Å². The van der Waals surface area contributed by atoms with Crippen LogP contribution in [0.15, 0.2) is 22.8 Å². The van der Waals surface area contributed by atoms with E-state index in [4.69, 9.17) is 15.3 Å². The minimum Gasteiger partial charge on any atom is -0.481 e. The number of nitrogens with two attached hydrogens (primary N) is 1. The van der Waals surface area contributed by atoms with Crippen molar-refractivity contribution in [2.45, 2.75) is 32.2 Å². The van der Waals surface area contributed by atoms with Gasteiger partial charge < -0.3 is 15.3 Å². The molecule has 1 aromatic rings. The molecule has 0 saturated carbocycles. The van der Waals surface area contributed by atoms with Gasteiger partial charge in [0, 0.05) is 12.0 Å². The third-order valence-electron chi connectivity index (χ3n) is 2.46. The maximum atomic E-state index is 10.6. The van der Waals surface area contributed by atoms with Crippen molar-refractivity contribution in [3.63, 3.8) is 0 Å². The third kappa shape index (κ3) is 3.09. The molecule has 0 aliphatic carbocycles. The van der Waals surface area contributed by atoms with Gasteiger partial charge in [-0.05, 0) is 18.1 Å². The van der Waals surface area contributed by atoms with Crippen molar-refractivity contribution in [1.82, 2.24) is 0 Å². The lowest BCUT2D eigenvalue weighted by Gasteiger charge is -2.24. The maximum absolute atomic E-state index is 10.6. The first kappa shape index (κ1) is 11.8. The number of carboxylic acids is 1. The van der Waals surface area contributed by atoms with Crippen molar-refractivity contribution in [2.24, 2.45) is 11.7 Å². The number of furan rings is 1. The molecule has 0 fully saturated rings. The summed E-state index contributed by atoms with van der Waals surface area (Å²) in [6, 6.07) is 3.22. The molecule has 1 heterocycles. The predicted octanol–water partition coefficient (Wildman–Crippen LogP) is 1.82. The van der Waals surface area contributed by atoms with Crippen LogP contribution in [0.2, 0.25) is 0 Å². The van der Waals surface area contributed by atoms with Crippen molar-refractivity contribution in [1.29, 1.82) is 0 Å². The molecule has 1 rings (SSSR count). The SMILES string of the molecule is CC(C)C(c1ccco1)C(N)CC(=O)O. The number of carboxylic acid groups (broad SMARTS) is 1. The predicted molar refractivity (Wildman–Crippen MR) is 56.5 cm³/mol. The van der Waals surface area contributed by atoms with Gasteiger partial charge in [0.2, 0.25) is 0 Å². The average molecular weight is 211 g/mol. The highest BCUT2D eigenvalue weighted by atomic mass is 16.4. The fraction of sp³-hybridized carbons (Fsp3) is 0.545.